The van der Waals surface area contributed by atoms with Crippen molar-refractivity contribution in [2.45, 2.75) is 24.9 Å². The summed E-state index contributed by atoms with van der Waals surface area (Å²) in [5, 5.41) is 11.9. The maximum Gasteiger partial charge on any atom is 0.330 e. The van der Waals surface area contributed by atoms with Crippen LogP contribution < -0.4 is 5.32 Å². The Morgan fingerprint density at radius 3 is 2.48 bits per heavy atom. The van der Waals surface area contributed by atoms with E-state index in [-0.39, 0.29) is 12.1 Å². The van der Waals surface area contributed by atoms with Crippen molar-refractivity contribution in [1.82, 2.24) is 10.2 Å². The number of ether oxygens (including phenoxy) is 1. The Kier molecular flexibility index (Phi) is 5.16. The molecule has 6 heteroatoms. The molecule has 1 fully saturated rings. The third-order valence-electron chi connectivity index (χ3n) is 3.71. The van der Waals surface area contributed by atoms with Gasteiger partial charge in [0, 0.05) is 26.3 Å². The van der Waals surface area contributed by atoms with Crippen LogP contribution in [0, 0.1) is 0 Å². The van der Waals surface area contributed by atoms with Crippen LogP contribution in [0.25, 0.3) is 0 Å². The number of carbonyl (C=O) groups is 2. The summed E-state index contributed by atoms with van der Waals surface area (Å²) in [7, 11) is 1.69. The average molecular weight is 292 g/mol. The molecule has 2 N–H and O–H groups in total. The Balaban J connectivity index is 2.03. The van der Waals surface area contributed by atoms with Gasteiger partial charge in [0.25, 0.3) is 0 Å². The maximum absolute atomic E-state index is 12.2. The van der Waals surface area contributed by atoms with E-state index < -0.39 is 12.0 Å². The fraction of sp³-hybridized carbons (Fsp3) is 0.467. The molecular formula is C15H20N2O4. The van der Waals surface area contributed by atoms with Gasteiger partial charge in [0.1, 0.15) is 0 Å². The lowest BCUT2D eigenvalue weighted by Crippen LogP contribution is -2.48. The van der Waals surface area contributed by atoms with Gasteiger partial charge in [0.2, 0.25) is 0 Å². The molecule has 0 aromatic heterocycles. The van der Waals surface area contributed by atoms with E-state index in [0.29, 0.717) is 18.8 Å². The number of hydrogen-bond acceptors (Lipinski definition) is 3. The van der Waals surface area contributed by atoms with E-state index in [0.717, 1.165) is 12.8 Å². The first-order valence-corrected chi connectivity index (χ1v) is 6.98. The Bertz CT molecular complexity index is 486. The molecule has 0 spiro atoms. The zero-order valence-corrected chi connectivity index (χ0v) is 12.0. The molecule has 0 aliphatic carbocycles. The van der Waals surface area contributed by atoms with Crippen LogP contribution in [0.3, 0.4) is 0 Å². The van der Waals surface area contributed by atoms with Crippen LogP contribution in [0.4, 0.5) is 4.79 Å². The number of carbonyl (C=O) groups excluding carboxylic acids is 1. The van der Waals surface area contributed by atoms with Crippen molar-refractivity contribution < 1.29 is 19.4 Å². The molecule has 1 atom stereocenters. The molecule has 0 saturated carbocycles. The van der Waals surface area contributed by atoms with E-state index in [1.807, 2.05) is 0 Å². The molecule has 114 valence electrons. The molecule has 1 saturated heterocycles. The highest BCUT2D eigenvalue weighted by Gasteiger charge is 2.27. The molecule has 21 heavy (non-hydrogen) atoms. The lowest BCUT2D eigenvalue weighted by Gasteiger charge is -2.32. The Morgan fingerprint density at radius 2 is 1.90 bits per heavy atom. The standard InChI is InChI=1S/C15H20N2O4/c1-17(12-7-9-21-10-8-12)15(20)16-13(14(18)19)11-5-3-2-4-6-11/h2-6,12-13H,7-10H2,1H3,(H,16,20)(H,18,19)/t13-/m0/s1. The summed E-state index contributed by atoms with van der Waals surface area (Å²) in [5.74, 6) is -1.07. The summed E-state index contributed by atoms with van der Waals surface area (Å²) in [6.07, 6.45) is 1.54. The van der Waals surface area contributed by atoms with Crippen LogP contribution in [0.5, 0.6) is 0 Å². The second kappa shape index (κ2) is 7.08. The van der Waals surface area contributed by atoms with Crippen molar-refractivity contribution >= 4 is 12.0 Å². The lowest BCUT2D eigenvalue weighted by molar-refractivity contribution is -0.139. The van der Waals surface area contributed by atoms with Crippen molar-refractivity contribution in [1.29, 1.82) is 0 Å². The van der Waals surface area contributed by atoms with Crippen LogP contribution in [0.15, 0.2) is 30.3 Å². The molecule has 1 aliphatic rings. The Morgan fingerprint density at radius 1 is 1.29 bits per heavy atom. The van der Waals surface area contributed by atoms with Crippen molar-refractivity contribution in [3.63, 3.8) is 0 Å². The summed E-state index contributed by atoms with van der Waals surface area (Å²) in [5.41, 5.74) is 0.554. The highest BCUT2D eigenvalue weighted by molar-refractivity contribution is 5.83. The summed E-state index contributed by atoms with van der Waals surface area (Å²) >= 11 is 0. The monoisotopic (exact) mass is 292 g/mol. The molecule has 0 unspecified atom stereocenters. The second-order valence-electron chi connectivity index (χ2n) is 5.09. The zero-order valence-electron chi connectivity index (χ0n) is 12.0. The number of nitrogens with one attached hydrogen (secondary N) is 1. The highest BCUT2D eigenvalue weighted by atomic mass is 16.5. The second-order valence-corrected chi connectivity index (χ2v) is 5.09. The van der Waals surface area contributed by atoms with E-state index in [1.165, 1.54) is 0 Å². The van der Waals surface area contributed by atoms with Gasteiger partial charge >= 0.3 is 12.0 Å². The van der Waals surface area contributed by atoms with Crippen LogP contribution in [-0.4, -0.2) is 48.3 Å². The fourth-order valence-electron chi connectivity index (χ4n) is 2.40. The zero-order chi connectivity index (χ0) is 15.2. The number of amides is 2. The van der Waals surface area contributed by atoms with Crippen LogP contribution in [0.1, 0.15) is 24.4 Å². The van der Waals surface area contributed by atoms with Gasteiger partial charge in [-0.3, -0.25) is 0 Å². The van der Waals surface area contributed by atoms with Crippen molar-refractivity contribution in [3.8, 4) is 0 Å². The van der Waals surface area contributed by atoms with Gasteiger partial charge in [-0.2, -0.15) is 0 Å². The number of urea groups is 1. The Labute approximate surface area is 123 Å². The topological polar surface area (TPSA) is 78.9 Å². The van der Waals surface area contributed by atoms with Gasteiger partial charge in [-0.25, -0.2) is 9.59 Å². The van der Waals surface area contributed by atoms with Crippen molar-refractivity contribution in [2.75, 3.05) is 20.3 Å². The predicted molar refractivity (Wildman–Crippen MR) is 77.0 cm³/mol. The molecule has 2 amide bonds. The molecule has 2 rings (SSSR count). The number of nitrogens with zero attached hydrogens (tertiary/aromatic N) is 1. The van der Waals surface area contributed by atoms with Gasteiger partial charge in [-0.1, -0.05) is 30.3 Å². The SMILES string of the molecule is CN(C(=O)N[C@H](C(=O)O)c1ccccc1)C1CCOCC1. The van der Waals surface area contributed by atoms with Gasteiger partial charge in [0.15, 0.2) is 6.04 Å². The van der Waals surface area contributed by atoms with Crippen LogP contribution >= 0.6 is 0 Å². The lowest BCUT2D eigenvalue weighted by atomic mass is 10.1. The molecule has 1 aliphatic heterocycles. The number of benzene rings is 1. The van der Waals surface area contributed by atoms with Crippen LogP contribution in [-0.2, 0) is 9.53 Å². The molecule has 0 radical (unpaired) electrons. The van der Waals surface area contributed by atoms with Crippen molar-refractivity contribution in [3.05, 3.63) is 35.9 Å². The minimum absolute atomic E-state index is 0.0870. The largest absolute Gasteiger partial charge is 0.479 e. The van der Waals surface area contributed by atoms with E-state index in [9.17, 15) is 14.7 Å². The fourth-order valence-corrected chi connectivity index (χ4v) is 2.40. The predicted octanol–water partition coefficient (Wildman–Crippen LogP) is 1.63. The number of rotatable bonds is 4. The first-order valence-electron chi connectivity index (χ1n) is 6.98. The van der Waals surface area contributed by atoms with E-state index in [2.05, 4.69) is 5.32 Å². The minimum atomic E-state index is -1.07. The van der Waals surface area contributed by atoms with E-state index in [4.69, 9.17) is 4.74 Å². The first kappa shape index (κ1) is 15.3. The van der Waals surface area contributed by atoms with Gasteiger partial charge in [0.05, 0.1) is 0 Å². The third kappa shape index (κ3) is 3.95. The van der Waals surface area contributed by atoms with E-state index >= 15 is 0 Å². The maximum atomic E-state index is 12.2. The molecule has 0 bridgehead atoms. The molecular weight excluding hydrogens is 272 g/mol. The third-order valence-corrected chi connectivity index (χ3v) is 3.71. The number of aliphatic carboxylic acids is 1. The van der Waals surface area contributed by atoms with Crippen LogP contribution in [0.2, 0.25) is 0 Å². The average Bonchev–Trinajstić information content (AvgIpc) is 2.53. The normalized spacial score (nSPS) is 17.0. The van der Waals surface area contributed by atoms with Crippen molar-refractivity contribution in [2.24, 2.45) is 0 Å². The molecule has 1 aromatic rings. The summed E-state index contributed by atoms with van der Waals surface area (Å²) < 4.78 is 5.27. The number of hydrogen-bond donors (Lipinski definition) is 2. The van der Waals surface area contributed by atoms with Gasteiger partial charge < -0.3 is 20.1 Å². The molecule has 1 aromatic carbocycles. The highest BCUT2D eigenvalue weighted by Crippen LogP contribution is 2.16. The summed E-state index contributed by atoms with van der Waals surface area (Å²) in [6.45, 7) is 1.26. The van der Waals surface area contributed by atoms with Gasteiger partial charge in [-0.05, 0) is 18.4 Å². The van der Waals surface area contributed by atoms with E-state index in [1.54, 1.807) is 42.3 Å². The molecule has 6 nitrogen and oxygen atoms in total. The van der Waals surface area contributed by atoms with Gasteiger partial charge in [-0.15, -0.1) is 0 Å². The number of carboxylic acid groups (broad SMARTS) is 1. The quantitative estimate of drug-likeness (QED) is 0.884. The number of carboxylic acids is 1. The smallest absolute Gasteiger partial charge is 0.330 e. The minimum Gasteiger partial charge on any atom is -0.479 e. The summed E-state index contributed by atoms with van der Waals surface area (Å²) in [4.78, 5) is 25.2. The Hall–Kier alpha value is -2.08. The summed E-state index contributed by atoms with van der Waals surface area (Å²) in [6, 6.07) is 7.35. The molecule has 1 heterocycles. The first-order chi connectivity index (χ1) is 10.1.